The maximum Gasteiger partial charge on any atom is 0.339 e. The Morgan fingerprint density at radius 1 is 1.00 bits per heavy atom. The van der Waals surface area contributed by atoms with Gasteiger partial charge in [-0.2, -0.15) is 5.48 Å². The van der Waals surface area contributed by atoms with Gasteiger partial charge in [0.2, 0.25) is 5.91 Å². The Morgan fingerprint density at radius 2 is 1.57 bits per heavy atom. The summed E-state index contributed by atoms with van der Waals surface area (Å²) in [6, 6.07) is 19.1. The van der Waals surface area contributed by atoms with Crippen molar-refractivity contribution in [2.24, 2.45) is 0 Å². The maximum atomic E-state index is 12.2. The third-order valence-electron chi connectivity index (χ3n) is 3.06. The summed E-state index contributed by atoms with van der Waals surface area (Å²) in [7, 11) is 0. The molecule has 21 heavy (non-hydrogen) atoms. The Bertz CT molecular complexity index is 596. The number of amides is 1. The molecule has 4 heteroatoms. The molecule has 0 spiro atoms. The lowest BCUT2D eigenvalue weighted by atomic mass is 9.92. The Balaban J connectivity index is 2.18. The molecule has 0 aliphatic rings. The summed E-state index contributed by atoms with van der Waals surface area (Å²) < 4.78 is 0. The lowest BCUT2D eigenvalue weighted by Crippen LogP contribution is -2.28. The third-order valence-corrected chi connectivity index (χ3v) is 3.06. The molecule has 0 fully saturated rings. The van der Waals surface area contributed by atoms with Crippen molar-refractivity contribution in [2.45, 2.75) is 19.3 Å². The van der Waals surface area contributed by atoms with E-state index in [1.807, 2.05) is 60.7 Å². The molecule has 2 aromatic carbocycles. The number of nitrogens with one attached hydrogen (secondary N) is 1. The van der Waals surface area contributed by atoms with Gasteiger partial charge in [0.15, 0.2) is 0 Å². The number of hydrogen-bond acceptors (Lipinski definition) is 3. The van der Waals surface area contributed by atoms with Crippen LogP contribution < -0.4 is 5.48 Å². The zero-order valence-electron chi connectivity index (χ0n) is 11.8. The molecule has 2 aromatic rings. The minimum Gasteiger partial charge on any atom is -0.340 e. The number of carbonyl (C=O) groups excluding carboxylic acids is 2. The predicted octanol–water partition coefficient (Wildman–Crippen LogP) is 2.61. The summed E-state index contributed by atoms with van der Waals surface area (Å²) in [4.78, 5) is 27.9. The smallest absolute Gasteiger partial charge is 0.339 e. The summed E-state index contributed by atoms with van der Waals surface area (Å²) in [6.45, 7) is 1.29. The molecule has 1 N–H and O–H groups in total. The summed E-state index contributed by atoms with van der Waals surface area (Å²) in [5, 5.41) is 0. The first kappa shape index (κ1) is 14.8. The molecule has 4 nitrogen and oxygen atoms in total. The van der Waals surface area contributed by atoms with Gasteiger partial charge in [0.25, 0.3) is 0 Å². The zero-order valence-corrected chi connectivity index (χ0v) is 11.8. The quantitative estimate of drug-likeness (QED) is 0.878. The molecule has 0 saturated carbocycles. The number of carbonyl (C=O) groups is 2. The van der Waals surface area contributed by atoms with E-state index >= 15 is 0 Å². The number of hydroxylamine groups is 1. The van der Waals surface area contributed by atoms with E-state index in [2.05, 4.69) is 5.48 Å². The van der Waals surface area contributed by atoms with Crippen LogP contribution in [0.5, 0.6) is 0 Å². The van der Waals surface area contributed by atoms with Crippen molar-refractivity contribution in [3.63, 3.8) is 0 Å². The Hall–Kier alpha value is -2.62. The van der Waals surface area contributed by atoms with Crippen molar-refractivity contribution in [3.8, 4) is 0 Å². The highest BCUT2D eigenvalue weighted by atomic mass is 16.7. The van der Waals surface area contributed by atoms with Crippen LogP contribution in [0, 0.1) is 0 Å². The van der Waals surface area contributed by atoms with Gasteiger partial charge >= 0.3 is 5.97 Å². The van der Waals surface area contributed by atoms with E-state index in [4.69, 9.17) is 4.84 Å². The van der Waals surface area contributed by atoms with Gasteiger partial charge in [-0.15, -0.1) is 0 Å². The first-order chi connectivity index (χ1) is 10.2. The van der Waals surface area contributed by atoms with Crippen LogP contribution in [0.15, 0.2) is 60.7 Å². The molecule has 1 unspecified atom stereocenters. The second-order valence-corrected chi connectivity index (χ2v) is 4.73. The lowest BCUT2D eigenvalue weighted by Gasteiger charge is -2.16. The highest BCUT2D eigenvalue weighted by Crippen LogP contribution is 2.22. The second kappa shape index (κ2) is 7.24. The Labute approximate surface area is 123 Å². The van der Waals surface area contributed by atoms with E-state index in [9.17, 15) is 9.59 Å². The van der Waals surface area contributed by atoms with E-state index in [1.165, 1.54) is 6.92 Å². The lowest BCUT2D eigenvalue weighted by molar-refractivity contribution is -0.159. The van der Waals surface area contributed by atoms with Crippen molar-refractivity contribution in [1.82, 2.24) is 5.48 Å². The van der Waals surface area contributed by atoms with Crippen molar-refractivity contribution in [1.29, 1.82) is 0 Å². The molecule has 1 atom stereocenters. The van der Waals surface area contributed by atoms with Crippen LogP contribution in [-0.2, 0) is 20.8 Å². The fourth-order valence-electron chi connectivity index (χ4n) is 2.07. The molecule has 0 saturated heterocycles. The summed E-state index contributed by atoms with van der Waals surface area (Å²) >= 11 is 0. The van der Waals surface area contributed by atoms with Crippen molar-refractivity contribution in [2.75, 3.05) is 0 Å². The van der Waals surface area contributed by atoms with E-state index in [-0.39, 0.29) is 0 Å². The molecule has 0 aliphatic carbocycles. The van der Waals surface area contributed by atoms with Crippen LogP contribution in [0.3, 0.4) is 0 Å². The van der Waals surface area contributed by atoms with Gasteiger partial charge in [0.05, 0.1) is 5.92 Å². The molecule has 0 aromatic heterocycles. The van der Waals surface area contributed by atoms with Crippen molar-refractivity contribution in [3.05, 3.63) is 71.8 Å². The second-order valence-electron chi connectivity index (χ2n) is 4.73. The average Bonchev–Trinajstić information content (AvgIpc) is 2.52. The Kier molecular flexibility index (Phi) is 5.10. The van der Waals surface area contributed by atoms with Gasteiger partial charge in [-0.3, -0.25) is 4.79 Å². The molecule has 0 heterocycles. The first-order valence-electron chi connectivity index (χ1n) is 6.73. The van der Waals surface area contributed by atoms with Crippen LogP contribution in [0.25, 0.3) is 0 Å². The Morgan fingerprint density at radius 3 is 2.14 bits per heavy atom. The molecule has 1 amide bonds. The predicted molar refractivity (Wildman–Crippen MR) is 79.2 cm³/mol. The van der Waals surface area contributed by atoms with Gasteiger partial charge in [-0.05, 0) is 17.5 Å². The van der Waals surface area contributed by atoms with Crippen LogP contribution in [0.2, 0.25) is 0 Å². The van der Waals surface area contributed by atoms with Crippen molar-refractivity contribution < 1.29 is 14.4 Å². The summed E-state index contributed by atoms with van der Waals surface area (Å²) in [5.41, 5.74) is 3.98. The molecular weight excluding hydrogens is 266 g/mol. The van der Waals surface area contributed by atoms with Gasteiger partial charge in [0, 0.05) is 6.92 Å². The highest BCUT2D eigenvalue weighted by molar-refractivity contribution is 5.80. The van der Waals surface area contributed by atoms with E-state index < -0.39 is 17.8 Å². The minimum atomic E-state index is -0.472. The highest BCUT2D eigenvalue weighted by Gasteiger charge is 2.23. The number of benzene rings is 2. The third kappa shape index (κ3) is 4.45. The maximum absolute atomic E-state index is 12.2. The molecule has 0 bridgehead atoms. The van der Waals surface area contributed by atoms with E-state index in [0.29, 0.717) is 6.42 Å². The number of hydrogen-bond donors (Lipinski definition) is 1. The van der Waals surface area contributed by atoms with Gasteiger partial charge in [-0.1, -0.05) is 60.7 Å². The largest absolute Gasteiger partial charge is 0.340 e. The van der Waals surface area contributed by atoms with Crippen LogP contribution in [0.1, 0.15) is 24.0 Å². The normalized spacial score (nSPS) is 11.5. The minimum absolute atomic E-state index is 0.408. The average molecular weight is 283 g/mol. The van der Waals surface area contributed by atoms with Gasteiger partial charge < -0.3 is 4.84 Å². The molecule has 2 rings (SSSR count). The fourth-order valence-corrected chi connectivity index (χ4v) is 2.07. The summed E-state index contributed by atoms with van der Waals surface area (Å²) in [5.74, 6) is -1.34. The topological polar surface area (TPSA) is 55.4 Å². The molecule has 0 radical (unpaired) electrons. The molecular formula is C17H17NO3. The number of rotatable bonds is 4. The summed E-state index contributed by atoms with van der Waals surface area (Å²) in [6.07, 6.45) is 0.517. The van der Waals surface area contributed by atoms with E-state index in [0.717, 1.165) is 11.1 Å². The standard InChI is InChI=1S/C17H17NO3/c1-13(19)18-21-17(20)16(15-10-6-3-7-11-15)12-14-8-4-2-5-9-14/h2-11,16H,12H2,1H3,(H,18,19). The van der Waals surface area contributed by atoms with Crippen LogP contribution in [0.4, 0.5) is 0 Å². The fraction of sp³-hybridized carbons (Fsp3) is 0.176. The molecule has 0 aliphatic heterocycles. The van der Waals surface area contributed by atoms with Crippen LogP contribution >= 0.6 is 0 Å². The SMILES string of the molecule is CC(=O)NOC(=O)C(Cc1ccccc1)c1ccccc1. The zero-order chi connectivity index (χ0) is 15.1. The van der Waals surface area contributed by atoms with Gasteiger partial charge in [0.1, 0.15) is 0 Å². The first-order valence-corrected chi connectivity index (χ1v) is 6.73. The van der Waals surface area contributed by atoms with Gasteiger partial charge in [-0.25, -0.2) is 4.79 Å². The van der Waals surface area contributed by atoms with Crippen LogP contribution in [-0.4, -0.2) is 11.9 Å². The van der Waals surface area contributed by atoms with Crippen molar-refractivity contribution >= 4 is 11.9 Å². The monoisotopic (exact) mass is 283 g/mol. The molecule has 108 valence electrons. The van der Waals surface area contributed by atoms with E-state index in [1.54, 1.807) is 0 Å².